The summed E-state index contributed by atoms with van der Waals surface area (Å²) in [6.07, 6.45) is 0. The third-order valence-electron chi connectivity index (χ3n) is 3.59. The number of amides is 1. The summed E-state index contributed by atoms with van der Waals surface area (Å²) in [5.74, 6) is 0.0365. The summed E-state index contributed by atoms with van der Waals surface area (Å²) in [4.78, 5) is 14.5. The Balaban J connectivity index is 2.09. The van der Waals surface area contributed by atoms with Crippen LogP contribution in [0.5, 0.6) is 5.75 Å². The van der Waals surface area contributed by atoms with Crippen LogP contribution in [0.2, 0.25) is 0 Å². The number of likely N-dealkylation sites (N-methyl/N-ethyl adjacent to an activating group) is 1. The predicted molar refractivity (Wildman–Crippen MR) is 88.6 cm³/mol. The lowest BCUT2D eigenvalue weighted by Crippen LogP contribution is -2.48. The maximum absolute atomic E-state index is 13.0. The topological polar surface area (TPSA) is 29.5 Å². The molecule has 0 N–H and O–H groups in total. The predicted octanol–water partition coefficient (Wildman–Crippen LogP) is 4.03. The van der Waals surface area contributed by atoms with Gasteiger partial charge >= 0.3 is 0 Å². The van der Waals surface area contributed by atoms with E-state index in [-0.39, 0.29) is 11.7 Å². The Hall–Kier alpha value is -2.36. The number of hydrogen-bond acceptors (Lipinski definition) is 2. The fourth-order valence-electron chi connectivity index (χ4n) is 2.35. The molecule has 0 atom stereocenters. The number of nitrogens with zero attached hydrogens (tertiary/aromatic N) is 1. The van der Waals surface area contributed by atoms with Crippen LogP contribution in [-0.2, 0) is 11.3 Å². The molecule has 2 rings (SSSR count). The van der Waals surface area contributed by atoms with Crippen molar-refractivity contribution in [3.63, 3.8) is 0 Å². The Bertz CT molecular complexity index is 638. The second kappa shape index (κ2) is 7.27. The summed E-state index contributed by atoms with van der Waals surface area (Å²) >= 11 is 0. The molecule has 0 spiro atoms. The van der Waals surface area contributed by atoms with Gasteiger partial charge in [0, 0.05) is 13.1 Å². The van der Waals surface area contributed by atoms with Crippen molar-refractivity contribution in [1.82, 2.24) is 4.90 Å². The number of halogens is 1. The normalized spacial score (nSPS) is 11.1. The molecule has 1 amide bonds. The number of ether oxygens (including phenoxy) is 1. The van der Waals surface area contributed by atoms with E-state index in [9.17, 15) is 9.18 Å². The van der Waals surface area contributed by atoms with Crippen molar-refractivity contribution in [1.29, 1.82) is 0 Å². The van der Waals surface area contributed by atoms with E-state index < -0.39 is 5.60 Å². The third-order valence-corrected chi connectivity index (χ3v) is 3.59. The lowest BCUT2D eigenvalue weighted by Gasteiger charge is -2.32. The molecule has 0 unspecified atom stereocenters. The average Bonchev–Trinajstić information content (AvgIpc) is 2.55. The van der Waals surface area contributed by atoms with E-state index in [2.05, 4.69) is 0 Å². The Morgan fingerprint density at radius 3 is 2.26 bits per heavy atom. The highest BCUT2D eigenvalue weighted by atomic mass is 19.1. The minimum atomic E-state index is -1.03. The Morgan fingerprint density at radius 2 is 1.70 bits per heavy atom. The van der Waals surface area contributed by atoms with Gasteiger partial charge in [-0.15, -0.1) is 0 Å². The van der Waals surface area contributed by atoms with Crippen LogP contribution in [0.4, 0.5) is 4.39 Å². The fraction of sp³-hybridized carbons (Fsp3) is 0.316. The van der Waals surface area contributed by atoms with Gasteiger partial charge < -0.3 is 9.64 Å². The van der Waals surface area contributed by atoms with E-state index in [4.69, 9.17) is 4.74 Å². The molecule has 0 heterocycles. The molecule has 0 aliphatic heterocycles. The van der Waals surface area contributed by atoms with Crippen LogP contribution in [0.25, 0.3) is 0 Å². The first-order valence-electron chi connectivity index (χ1n) is 7.70. The first-order valence-corrected chi connectivity index (χ1v) is 7.70. The summed E-state index contributed by atoms with van der Waals surface area (Å²) in [7, 11) is 0. The van der Waals surface area contributed by atoms with Gasteiger partial charge in [0.2, 0.25) is 0 Å². The zero-order chi connectivity index (χ0) is 16.9. The minimum absolute atomic E-state index is 0.104. The van der Waals surface area contributed by atoms with Gasteiger partial charge in [0.15, 0.2) is 5.60 Å². The van der Waals surface area contributed by atoms with Gasteiger partial charge in [0.25, 0.3) is 5.91 Å². The van der Waals surface area contributed by atoms with E-state index in [1.54, 1.807) is 18.7 Å². The van der Waals surface area contributed by atoms with Crippen molar-refractivity contribution in [3.8, 4) is 5.75 Å². The van der Waals surface area contributed by atoms with Gasteiger partial charge in [0.05, 0.1) is 0 Å². The van der Waals surface area contributed by atoms with Crippen LogP contribution < -0.4 is 4.74 Å². The van der Waals surface area contributed by atoms with E-state index in [1.165, 1.54) is 24.3 Å². The first-order chi connectivity index (χ1) is 10.9. The number of carbonyl (C=O) groups is 1. The second-order valence-corrected chi connectivity index (χ2v) is 5.87. The molecule has 3 nitrogen and oxygen atoms in total. The summed E-state index contributed by atoms with van der Waals surface area (Å²) in [6, 6.07) is 15.5. The average molecular weight is 315 g/mol. The van der Waals surface area contributed by atoms with Crippen molar-refractivity contribution in [2.24, 2.45) is 0 Å². The van der Waals surface area contributed by atoms with Crippen molar-refractivity contribution in [3.05, 3.63) is 66.0 Å². The molecule has 23 heavy (non-hydrogen) atoms. The first kappa shape index (κ1) is 17.0. The molecule has 0 aliphatic carbocycles. The van der Waals surface area contributed by atoms with Crippen molar-refractivity contribution in [2.75, 3.05) is 6.54 Å². The molecule has 2 aromatic carbocycles. The molecule has 0 aliphatic rings. The van der Waals surface area contributed by atoms with Crippen LogP contribution in [0.15, 0.2) is 54.6 Å². The van der Waals surface area contributed by atoms with Crippen LogP contribution in [0, 0.1) is 5.82 Å². The Labute approximate surface area is 136 Å². The maximum atomic E-state index is 13.0. The highest BCUT2D eigenvalue weighted by Gasteiger charge is 2.33. The van der Waals surface area contributed by atoms with E-state index in [0.717, 1.165) is 5.56 Å². The smallest absolute Gasteiger partial charge is 0.266 e. The van der Waals surface area contributed by atoms with Crippen LogP contribution in [0.3, 0.4) is 0 Å². The molecule has 0 bridgehead atoms. The molecule has 2 aromatic rings. The number of benzene rings is 2. The van der Waals surface area contributed by atoms with E-state index >= 15 is 0 Å². The zero-order valence-electron chi connectivity index (χ0n) is 13.8. The van der Waals surface area contributed by atoms with Crippen LogP contribution in [0.1, 0.15) is 26.3 Å². The highest BCUT2D eigenvalue weighted by Crippen LogP contribution is 2.21. The van der Waals surface area contributed by atoms with Crippen LogP contribution in [-0.4, -0.2) is 23.0 Å². The van der Waals surface area contributed by atoms with Gasteiger partial charge in [-0.1, -0.05) is 30.3 Å². The van der Waals surface area contributed by atoms with E-state index in [0.29, 0.717) is 18.8 Å². The number of rotatable bonds is 6. The molecule has 0 fully saturated rings. The van der Waals surface area contributed by atoms with Crippen molar-refractivity contribution in [2.45, 2.75) is 32.9 Å². The number of hydrogen-bond donors (Lipinski definition) is 0. The standard InChI is InChI=1S/C19H22FNO2/c1-4-21(14-15-8-6-5-7-9-15)18(22)19(2,3)23-17-12-10-16(20)11-13-17/h5-13H,4,14H2,1-3H3. The zero-order valence-corrected chi connectivity index (χ0v) is 13.8. The molecular formula is C19H22FNO2. The summed E-state index contributed by atoms with van der Waals surface area (Å²) in [5, 5.41) is 0. The molecule has 0 saturated carbocycles. The monoisotopic (exact) mass is 315 g/mol. The molecule has 0 radical (unpaired) electrons. The Morgan fingerprint density at radius 1 is 1.09 bits per heavy atom. The molecule has 0 aromatic heterocycles. The van der Waals surface area contributed by atoms with Gasteiger partial charge in [-0.2, -0.15) is 0 Å². The quantitative estimate of drug-likeness (QED) is 0.805. The minimum Gasteiger partial charge on any atom is -0.478 e. The third kappa shape index (κ3) is 4.55. The SMILES string of the molecule is CCN(Cc1ccccc1)C(=O)C(C)(C)Oc1ccc(F)cc1. The fourth-order valence-corrected chi connectivity index (χ4v) is 2.35. The summed E-state index contributed by atoms with van der Waals surface area (Å²) in [6.45, 7) is 6.52. The van der Waals surface area contributed by atoms with Crippen molar-refractivity contribution >= 4 is 5.91 Å². The molecule has 122 valence electrons. The summed E-state index contributed by atoms with van der Waals surface area (Å²) < 4.78 is 18.8. The molecule has 0 saturated heterocycles. The van der Waals surface area contributed by atoms with E-state index in [1.807, 2.05) is 37.3 Å². The maximum Gasteiger partial charge on any atom is 0.266 e. The number of carbonyl (C=O) groups excluding carboxylic acids is 1. The van der Waals surface area contributed by atoms with Gasteiger partial charge in [-0.3, -0.25) is 4.79 Å². The molecular weight excluding hydrogens is 293 g/mol. The highest BCUT2D eigenvalue weighted by molar-refractivity contribution is 5.84. The van der Waals surface area contributed by atoms with Gasteiger partial charge in [-0.05, 0) is 50.6 Å². The molecule has 4 heteroatoms. The second-order valence-electron chi connectivity index (χ2n) is 5.87. The lowest BCUT2D eigenvalue weighted by molar-refractivity contribution is -0.145. The van der Waals surface area contributed by atoms with Gasteiger partial charge in [-0.25, -0.2) is 4.39 Å². The van der Waals surface area contributed by atoms with Crippen LogP contribution >= 0.6 is 0 Å². The van der Waals surface area contributed by atoms with Gasteiger partial charge in [0.1, 0.15) is 11.6 Å². The van der Waals surface area contributed by atoms with Crippen molar-refractivity contribution < 1.29 is 13.9 Å². The Kier molecular flexibility index (Phi) is 5.37. The summed E-state index contributed by atoms with van der Waals surface area (Å²) in [5.41, 5.74) is 0.0445. The lowest BCUT2D eigenvalue weighted by atomic mass is 10.1. The largest absolute Gasteiger partial charge is 0.478 e.